The summed E-state index contributed by atoms with van der Waals surface area (Å²) >= 11 is 0. The fourth-order valence-corrected chi connectivity index (χ4v) is 3.72. The number of rotatable bonds is 9. The number of carbonyl (C=O) groups is 1. The summed E-state index contributed by atoms with van der Waals surface area (Å²) in [5, 5.41) is 3.14. The highest BCUT2D eigenvalue weighted by Crippen LogP contribution is 2.26. The lowest BCUT2D eigenvalue weighted by molar-refractivity contribution is -0.121. The van der Waals surface area contributed by atoms with E-state index >= 15 is 0 Å². The van der Waals surface area contributed by atoms with Gasteiger partial charge in [0, 0.05) is 13.0 Å². The minimum Gasteiger partial charge on any atom is -0.497 e. The maximum atomic E-state index is 12.4. The van der Waals surface area contributed by atoms with Crippen LogP contribution in [0.15, 0.2) is 48.5 Å². The molecule has 2 aromatic carbocycles. The lowest BCUT2D eigenvalue weighted by Gasteiger charge is -2.28. The molecule has 1 fully saturated rings. The molecule has 150 valence electrons. The van der Waals surface area contributed by atoms with Crippen LogP contribution in [0.1, 0.15) is 36.4 Å². The number of methoxy groups -OCH3 is 2. The Morgan fingerprint density at radius 1 is 1.04 bits per heavy atom. The second-order valence-electron chi connectivity index (χ2n) is 7.19. The van der Waals surface area contributed by atoms with Gasteiger partial charge in [0.15, 0.2) is 0 Å². The fourth-order valence-electron chi connectivity index (χ4n) is 3.72. The van der Waals surface area contributed by atoms with Crippen LogP contribution in [-0.2, 0) is 11.2 Å². The van der Waals surface area contributed by atoms with Crippen LogP contribution in [0.4, 0.5) is 0 Å². The molecular weight excluding hydrogens is 352 g/mol. The third kappa shape index (κ3) is 5.49. The molecule has 1 aliphatic heterocycles. The van der Waals surface area contributed by atoms with Gasteiger partial charge >= 0.3 is 0 Å². The van der Waals surface area contributed by atoms with E-state index in [1.807, 2.05) is 36.4 Å². The van der Waals surface area contributed by atoms with Crippen LogP contribution in [0.2, 0.25) is 0 Å². The van der Waals surface area contributed by atoms with Gasteiger partial charge in [-0.15, -0.1) is 0 Å². The second kappa shape index (κ2) is 10.1. The predicted octanol–water partition coefficient (Wildman–Crippen LogP) is 3.59. The van der Waals surface area contributed by atoms with Gasteiger partial charge in [-0.05, 0) is 67.7 Å². The van der Waals surface area contributed by atoms with Crippen molar-refractivity contribution in [2.75, 3.05) is 33.9 Å². The summed E-state index contributed by atoms with van der Waals surface area (Å²) in [6, 6.07) is 16.3. The van der Waals surface area contributed by atoms with Crippen LogP contribution >= 0.6 is 0 Å². The van der Waals surface area contributed by atoms with Gasteiger partial charge in [0.2, 0.25) is 5.91 Å². The number of nitrogens with one attached hydrogen (secondary N) is 1. The molecule has 0 aromatic heterocycles. The molecule has 1 amide bonds. The first-order chi connectivity index (χ1) is 13.7. The molecule has 1 aliphatic rings. The van der Waals surface area contributed by atoms with Crippen molar-refractivity contribution >= 4 is 5.91 Å². The minimum atomic E-state index is 0.0838. The largest absolute Gasteiger partial charge is 0.497 e. The van der Waals surface area contributed by atoms with Crippen LogP contribution in [0.3, 0.4) is 0 Å². The topological polar surface area (TPSA) is 50.8 Å². The van der Waals surface area contributed by atoms with Gasteiger partial charge < -0.3 is 14.8 Å². The van der Waals surface area contributed by atoms with E-state index in [2.05, 4.69) is 22.3 Å². The van der Waals surface area contributed by atoms with E-state index in [-0.39, 0.29) is 11.9 Å². The molecule has 0 bridgehead atoms. The third-order valence-electron chi connectivity index (χ3n) is 5.35. The number of ether oxygens (including phenoxy) is 2. The predicted molar refractivity (Wildman–Crippen MR) is 111 cm³/mol. The Bertz CT molecular complexity index is 755. The van der Waals surface area contributed by atoms with Crippen molar-refractivity contribution < 1.29 is 14.3 Å². The molecule has 5 heteroatoms. The van der Waals surface area contributed by atoms with E-state index in [0.717, 1.165) is 30.2 Å². The summed E-state index contributed by atoms with van der Waals surface area (Å²) < 4.78 is 10.5. The van der Waals surface area contributed by atoms with E-state index in [4.69, 9.17) is 9.47 Å². The Balaban J connectivity index is 1.56. The zero-order valence-electron chi connectivity index (χ0n) is 16.8. The first-order valence-electron chi connectivity index (χ1n) is 9.97. The van der Waals surface area contributed by atoms with Gasteiger partial charge in [-0.1, -0.05) is 24.3 Å². The van der Waals surface area contributed by atoms with Crippen molar-refractivity contribution in [3.05, 3.63) is 59.7 Å². The van der Waals surface area contributed by atoms with Crippen molar-refractivity contribution in [2.24, 2.45) is 0 Å². The van der Waals surface area contributed by atoms with E-state index in [1.54, 1.807) is 14.2 Å². The summed E-state index contributed by atoms with van der Waals surface area (Å²) in [7, 11) is 3.33. The molecular formula is C23H30N2O3. The molecule has 1 saturated heterocycles. The summed E-state index contributed by atoms with van der Waals surface area (Å²) in [6.07, 6.45) is 3.62. The Morgan fingerprint density at radius 2 is 1.75 bits per heavy atom. The van der Waals surface area contributed by atoms with Crippen LogP contribution in [0, 0.1) is 0 Å². The van der Waals surface area contributed by atoms with Crippen LogP contribution in [-0.4, -0.2) is 44.7 Å². The van der Waals surface area contributed by atoms with E-state index in [9.17, 15) is 4.79 Å². The lowest BCUT2D eigenvalue weighted by atomic mass is 10.0. The normalized spacial score (nSPS) is 15.2. The lowest BCUT2D eigenvalue weighted by Crippen LogP contribution is -2.36. The van der Waals surface area contributed by atoms with Crippen LogP contribution in [0.25, 0.3) is 0 Å². The number of aryl methyl sites for hydroxylation is 1. The highest BCUT2D eigenvalue weighted by molar-refractivity contribution is 5.76. The Kier molecular flexibility index (Phi) is 7.31. The number of hydrogen-bond donors (Lipinski definition) is 1. The maximum absolute atomic E-state index is 12.4. The average Bonchev–Trinajstić information content (AvgIpc) is 3.27. The van der Waals surface area contributed by atoms with Gasteiger partial charge in [-0.3, -0.25) is 9.69 Å². The Hall–Kier alpha value is -2.53. The molecule has 1 atom stereocenters. The van der Waals surface area contributed by atoms with Crippen LogP contribution in [0.5, 0.6) is 11.5 Å². The Labute approximate surface area is 167 Å². The molecule has 1 heterocycles. The van der Waals surface area contributed by atoms with Crippen molar-refractivity contribution in [1.29, 1.82) is 0 Å². The SMILES string of the molecule is COc1ccc(C(CNC(=O)CCc2cccc(OC)c2)N2CCCC2)cc1. The van der Waals surface area contributed by atoms with Gasteiger partial charge in [-0.2, -0.15) is 0 Å². The van der Waals surface area contributed by atoms with Gasteiger partial charge in [0.1, 0.15) is 11.5 Å². The number of benzene rings is 2. The van der Waals surface area contributed by atoms with Crippen molar-refractivity contribution in [3.8, 4) is 11.5 Å². The van der Waals surface area contributed by atoms with Gasteiger partial charge in [0.05, 0.1) is 20.3 Å². The first-order valence-corrected chi connectivity index (χ1v) is 9.97. The van der Waals surface area contributed by atoms with Gasteiger partial charge in [-0.25, -0.2) is 0 Å². The van der Waals surface area contributed by atoms with E-state index < -0.39 is 0 Å². The van der Waals surface area contributed by atoms with Crippen molar-refractivity contribution in [2.45, 2.75) is 31.7 Å². The zero-order chi connectivity index (χ0) is 19.8. The summed E-state index contributed by atoms with van der Waals surface area (Å²) in [6.45, 7) is 2.79. The van der Waals surface area contributed by atoms with Crippen molar-refractivity contribution in [3.63, 3.8) is 0 Å². The molecule has 2 aromatic rings. The molecule has 1 N–H and O–H groups in total. The fraction of sp³-hybridized carbons (Fsp3) is 0.435. The molecule has 0 spiro atoms. The maximum Gasteiger partial charge on any atom is 0.220 e. The summed E-state index contributed by atoms with van der Waals surface area (Å²) in [4.78, 5) is 14.9. The van der Waals surface area contributed by atoms with E-state index in [0.29, 0.717) is 19.4 Å². The standard InChI is InChI=1S/C23H30N2O3/c1-27-20-11-9-19(10-12-20)22(25-14-3-4-15-25)17-24-23(26)13-8-18-6-5-7-21(16-18)28-2/h5-7,9-12,16,22H,3-4,8,13-15,17H2,1-2H3,(H,24,26). The average molecular weight is 383 g/mol. The smallest absolute Gasteiger partial charge is 0.220 e. The number of hydrogen-bond acceptors (Lipinski definition) is 4. The first kappa shape index (κ1) is 20.2. The molecule has 28 heavy (non-hydrogen) atoms. The number of amides is 1. The van der Waals surface area contributed by atoms with E-state index in [1.165, 1.54) is 18.4 Å². The molecule has 1 unspecified atom stereocenters. The zero-order valence-corrected chi connectivity index (χ0v) is 16.8. The molecule has 3 rings (SSSR count). The highest BCUT2D eigenvalue weighted by Gasteiger charge is 2.24. The number of likely N-dealkylation sites (tertiary alicyclic amines) is 1. The second-order valence-corrected chi connectivity index (χ2v) is 7.19. The molecule has 0 aliphatic carbocycles. The Morgan fingerprint density at radius 3 is 2.43 bits per heavy atom. The van der Waals surface area contributed by atoms with Gasteiger partial charge in [0.25, 0.3) is 0 Å². The van der Waals surface area contributed by atoms with Crippen LogP contribution < -0.4 is 14.8 Å². The highest BCUT2D eigenvalue weighted by atomic mass is 16.5. The minimum absolute atomic E-state index is 0.0838. The molecule has 5 nitrogen and oxygen atoms in total. The number of nitrogens with zero attached hydrogens (tertiary/aromatic N) is 1. The summed E-state index contributed by atoms with van der Waals surface area (Å²) in [5.41, 5.74) is 2.33. The third-order valence-corrected chi connectivity index (χ3v) is 5.35. The van der Waals surface area contributed by atoms with Crippen molar-refractivity contribution in [1.82, 2.24) is 10.2 Å². The summed E-state index contributed by atoms with van der Waals surface area (Å²) in [5.74, 6) is 1.76. The monoisotopic (exact) mass is 382 g/mol. The quantitative estimate of drug-likeness (QED) is 0.720. The molecule has 0 saturated carbocycles. The number of carbonyl (C=O) groups excluding carboxylic acids is 1. The molecule has 0 radical (unpaired) electrons.